The van der Waals surface area contributed by atoms with Gasteiger partial charge in [0.2, 0.25) is 0 Å². The van der Waals surface area contributed by atoms with Gasteiger partial charge in [-0.1, -0.05) is 26.8 Å². The molecule has 0 aliphatic heterocycles. The molecule has 0 fully saturated rings. The van der Waals surface area contributed by atoms with Crippen molar-refractivity contribution >= 4 is 5.69 Å². The van der Waals surface area contributed by atoms with Crippen molar-refractivity contribution in [1.82, 2.24) is 5.32 Å². The number of nitrogens with zero attached hydrogens (tertiary/aromatic N) is 1. The number of nitrogens with one attached hydrogen (secondary N) is 1. The van der Waals surface area contributed by atoms with Crippen molar-refractivity contribution in [2.75, 3.05) is 24.6 Å². The summed E-state index contributed by atoms with van der Waals surface area (Å²) in [4.78, 5) is 2.34. The average Bonchev–Trinajstić information content (AvgIpc) is 2.46. The number of rotatable bonds is 9. The van der Waals surface area contributed by atoms with Crippen molar-refractivity contribution in [2.24, 2.45) is 0 Å². The molecule has 0 bridgehead atoms. The minimum Gasteiger partial charge on any atom is -0.395 e. The molecule has 114 valence electrons. The van der Waals surface area contributed by atoms with Gasteiger partial charge >= 0.3 is 0 Å². The zero-order chi connectivity index (χ0) is 15.0. The van der Waals surface area contributed by atoms with Gasteiger partial charge in [0.05, 0.1) is 6.61 Å². The van der Waals surface area contributed by atoms with Gasteiger partial charge in [-0.2, -0.15) is 0 Å². The molecule has 0 saturated carbocycles. The third-order valence-corrected chi connectivity index (χ3v) is 3.95. The van der Waals surface area contributed by atoms with E-state index in [1.54, 1.807) is 0 Å². The van der Waals surface area contributed by atoms with Crippen LogP contribution in [0.2, 0.25) is 0 Å². The quantitative estimate of drug-likeness (QED) is 0.728. The van der Waals surface area contributed by atoms with E-state index in [0.717, 1.165) is 25.9 Å². The number of hydrogen-bond acceptors (Lipinski definition) is 3. The van der Waals surface area contributed by atoms with Gasteiger partial charge in [-0.05, 0) is 49.6 Å². The maximum absolute atomic E-state index is 9.33. The van der Waals surface area contributed by atoms with E-state index in [-0.39, 0.29) is 6.61 Å². The lowest BCUT2D eigenvalue weighted by molar-refractivity contribution is 0.296. The summed E-state index contributed by atoms with van der Waals surface area (Å²) in [5, 5.41) is 12.7. The van der Waals surface area contributed by atoms with Crippen LogP contribution in [0.25, 0.3) is 0 Å². The molecule has 20 heavy (non-hydrogen) atoms. The van der Waals surface area contributed by atoms with Gasteiger partial charge in [0.15, 0.2) is 0 Å². The molecule has 0 saturated heterocycles. The van der Waals surface area contributed by atoms with Gasteiger partial charge in [-0.15, -0.1) is 0 Å². The second-order valence-electron chi connectivity index (χ2n) is 5.28. The number of benzene rings is 1. The van der Waals surface area contributed by atoms with Crippen LogP contribution in [-0.2, 0) is 6.54 Å². The number of aliphatic hydroxyl groups excluding tert-OH is 1. The lowest BCUT2D eigenvalue weighted by Crippen LogP contribution is -2.36. The Morgan fingerprint density at radius 3 is 2.40 bits per heavy atom. The van der Waals surface area contributed by atoms with E-state index < -0.39 is 0 Å². The fraction of sp³-hybridized carbons (Fsp3) is 0.647. The van der Waals surface area contributed by atoms with Crippen LogP contribution in [0.4, 0.5) is 5.69 Å². The van der Waals surface area contributed by atoms with E-state index in [1.807, 2.05) is 0 Å². The van der Waals surface area contributed by atoms with Gasteiger partial charge in [0, 0.05) is 24.8 Å². The van der Waals surface area contributed by atoms with Gasteiger partial charge < -0.3 is 15.3 Å². The van der Waals surface area contributed by atoms with Gasteiger partial charge in [-0.25, -0.2) is 0 Å². The predicted octanol–water partition coefficient (Wildman–Crippen LogP) is 3.09. The highest BCUT2D eigenvalue weighted by atomic mass is 16.3. The molecule has 1 aromatic carbocycles. The molecule has 1 rings (SSSR count). The molecule has 0 spiro atoms. The van der Waals surface area contributed by atoms with Gasteiger partial charge in [-0.3, -0.25) is 0 Å². The van der Waals surface area contributed by atoms with Crippen LogP contribution < -0.4 is 10.2 Å². The van der Waals surface area contributed by atoms with Crippen LogP contribution in [0.5, 0.6) is 0 Å². The van der Waals surface area contributed by atoms with Crippen LogP contribution in [-0.4, -0.2) is 30.8 Å². The van der Waals surface area contributed by atoms with Crippen molar-refractivity contribution in [3.05, 3.63) is 29.3 Å². The summed E-state index contributed by atoms with van der Waals surface area (Å²) in [7, 11) is 0. The van der Waals surface area contributed by atoms with Crippen LogP contribution in [0.3, 0.4) is 0 Å². The van der Waals surface area contributed by atoms with E-state index in [0.29, 0.717) is 12.6 Å². The zero-order valence-electron chi connectivity index (χ0n) is 13.4. The summed E-state index contributed by atoms with van der Waals surface area (Å²) < 4.78 is 0. The summed E-state index contributed by atoms with van der Waals surface area (Å²) in [5.74, 6) is 0. The minimum absolute atomic E-state index is 0.203. The Labute approximate surface area is 124 Å². The highest BCUT2D eigenvalue weighted by molar-refractivity contribution is 5.51. The Morgan fingerprint density at radius 2 is 1.90 bits per heavy atom. The first-order valence-electron chi connectivity index (χ1n) is 7.85. The van der Waals surface area contributed by atoms with Crippen molar-refractivity contribution in [3.8, 4) is 0 Å². The first-order chi connectivity index (χ1) is 9.67. The molecule has 0 amide bonds. The second kappa shape index (κ2) is 8.98. The third-order valence-electron chi connectivity index (χ3n) is 3.95. The molecule has 0 aromatic heterocycles. The van der Waals surface area contributed by atoms with E-state index in [2.05, 4.69) is 56.1 Å². The van der Waals surface area contributed by atoms with Crippen molar-refractivity contribution < 1.29 is 5.11 Å². The second-order valence-corrected chi connectivity index (χ2v) is 5.28. The summed E-state index contributed by atoms with van der Waals surface area (Å²) in [6.45, 7) is 11.5. The zero-order valence-corrected chi connectivity index (χ0v) is 13.4. The van der Waals surface area contributed by atoms with Crippen LogP contribution >= 0.6 is 0 Å². The van der Waals surface area contributed by atoms with Gasteiger partial charge in [0.25, 0.3) is 0 Å². The molecular weight excluding hydrogens is 248 g/mol. The lowest BCUT2D eigenvalue weighted by atomic mass is 10.0. The van der Waals surface area contributed by atoms with Gasteiger partial charge in [0.1, 0.15) is 0 Å². The number of aliphatic hydroxyl groups is 1. The topological polar surface area (TPSA) is 35.5 Å². The molecule has 0 radical (unpaired) electrons. The summed E-state index contributed by atoms with van der Waals surface area (Å²) in [6, 6.07) is 7.15. The standard InChI is InChI=1S/C17H30N2O/c1-5-16(6-2)19(10-11-20)17-9-8-15(13-18-7-3)14(4)12-17/h8-9,12,16,18,20H,5-7,10-11,13H2,1-4H3. The summed E-state index contributed by atoms with van der Waals surface area (Å²) >= 11 is 0. The molecule has 0 unspecified atom stereocenters. The maximum Gasteiger partial charge on any atom is 0.0606 e. The molecule has 0 aliphatic carbocycles. The molecule has 2 N–H and O–H groups in total. The highest BCUT2D eigenvalue weighted by Gasteiger charge is 2.15. The highest BCUT2D eigenvalue weighted by Crippen LogP contribution is 2.23. The van der Waals surface area contributed by atoms with Crippen LogP contribution in [0, 0.1) is 6.92 Å². The Morgan fingerprint density at radius 1 is 1.20 bits per heavy atom. The summed E-state index contributed by atoms with van der Waals surface area (Å²) in [5.41, 5.74) is 3.90. The fourth-order valence-corrected chi connectivity index (χ4v) is 2.68. The number of anilines is 1. The smallest absolute Gasteiger partial charge is 0.0606 e. The molecular formula is C17H30N2O. The molecule has 3 heteroatoms. The van der Waals surface area contributed by atoms with Crippen LogP contribution in [0.15, 0.2) is 18.2 Å². The van der Waals surface area contributed by atoms with E-state index >= 15 is 0 Å². The van der Waals surface area contributed by atoms with Crippen molar-refractivity contribution in [1.29, 1.82) is 0 Å². The maximum atomic E-state index is 9.33. The SMILES string of the molecule is CCNCc1ccc(N(CCO)C(CC)CC)cc1C. The molecule has 1 aromatic rings. The third kappa shape index (κ3) is 4.50. The number of hydrogen-bond donors (Lipinski definition) is 2. The largest absolute Gasteiger partial charge is 0.395 e. The summed E-state index contributed by atoms with van der Waals surface area (Å²) in [6.07, 6.45) is 2.21. The van der Waals surface area contributed by atoms with Crippen molar-refractivity contribution in [2.45, 2.75) is 53.1 Å². The lowest BCUT2D eigenvalue weighted by Gasteiger charge is -2.32. The Hall–Kier alpha value is -1.06. The Balaban J connectivity index is 2.94. The average molecular weight is 278 g/mol. The molecule has 0 heterocycles. The number of aryl methyl sites for hydroxylation is 1. The first-order valence-corrected chi connectivity index (χ1v) is 7.85. The van der Waals surface area contributed by atoms with Crippen LogP contribution in [0.1, 0.15) is 44.7 Å². The normalized spacial score (nSPS) is 11.1. The predicted molar refractivity (Wildman–Crippen MR) is 87.4 cm³/mol. The molecule has 3 nitrogen and oxygen atoms in total. The Bertz CT molecular complexity index is 389. The van der Waals surface area contributed by atoms with E-state index in [1.165, 1.54) is 16.8 Å². The van der Waals surface area contributed by atoms with E-state index in [9.17, 15) is 5.11 Å². The fourth-order valence-electron chi connectivity index (χ4n) is 2.68. The molecule has 0 atom stereocenters. The van der Waals surface area contributed by atoms with E-state index in [4.69, 9.17) is 0 Å². The molecule has 0 aliphatic rings. The van der Waals surface area contributed by atoms with Crippen molar-refractivity contribution in [3.63, 3.8) is 0 Å². The first kappa shape index (κ1) is 17.0. The minimum atomic E-state index is 0.203. The monoisotopic (exact) mass is 278 g/mol. The Kier molecular flexibility index (Phi) is 7.63.